The van der Waals surface area contributed by atoms with Crippen molar-refractivity contribution in [3.63, 3.8) is 0 Å². The molecule has 0 aromatic heterocycles. The lowest BCUT2D eigenvalue weighted by Crippen LogP contribution is -2.22. The second-order valence-electron chi connectivity index (χ2n) is 7.99. The maximum Gasteiger partial charge on any atom is 0.331 e. The summed E-state index contributed by atoms with van der Waals surface area (Å²) in [7, 11) is 0. The van der Waals surface area contributed by atoms with Crippen molar-refractivity contribution in [2.75, 3.05) is 0 Å². The summed E-state index contributed by atoms with van der Waals surface area (Å²) in [4.78, 5) is 23.6. The molecule has 1 aliphatic carbocycles. The fraction of sp³-hybridized carbons (Fsp3) is 0.600. The van der Waals surface area contributed by atoms with Gasteiger partial charge < -0.3 is 9.47 Å². The molecule has 0 bridgehead atoms. The van der Waals surface area contributed by atoms with E-state index >= 15 is 0 Å². The first-order valence-corrected chi connectivity index (χ1v) is 8.50. The summed E-state index contributed by atoms with van der Waals surface area (Å²) >= 11 is 0. The summed E-state index contributed by atoms with van der Waals surface area (Å²) in [5, 5.41) is 0. The van der Waals surface area contributed by atoms with E-state index in [-0.39, 0.29) is 11.9 Å². The Balaban J connectivity index is 2.81. The van der Waals surface area contributed by atoms with Crippen LogP contribution in [0.4, 0.5) is 0 Å². The number of ether oxygens (including phenoxy) is 2. The smallest absolute Gasteiger partial charge is 0.331 e. The second kappa shape index (κ2) is 8.32. The van der Waals surface area contributed by atoms with Crippen LogP contribution in [0, 0.1) is 0 Å². The molecule has 0 atom stereocenters. The van der Waals surface area contributed by atoms with Gasteiger partial charge in [-0.2, -0.15) is 0 Å². The predicted octanol–water partition coefficient (Wildman–Crippen LogP) is 4.65. The van der Waals surface area contributed by atoms with Crippen molar-refractivity contribution >= 4 is 11.9 Å². The van der Waals surface area contributed by atoms with Crippen LogP contribution < -0.4 is 0 Å². The summed E-state index contributed by atoms with van der Waals surface area (Å²) in [6.45, 7) is 11.0. The molecule has 0 unspecified atom stereocenters. The number of hydrogen-bond acceptors (Lipinski definition) is 4. The van der Waals surface area contributed by atoms with Crippen molar-refractivity contribution in [1.82, 2.24) is 0 Å². The number of allylic oxidation sites excluding steroid dienone is 4. The highest BCUT2D eigenvalue weighted by molar-refractivity contribution is 5.84. The fourth-order valence-corrected chi connectivity index (χ4v) is 2.34. The Bertz CT molecular complexity index is 501. The van der Waals surface area contributed by atoms with Crippen LogP contribution in [0.1, 0.15) is 67.2 Å². The molecule has 0 saturated heterocycles. The number of esters is 2. The van der Waals surface area contributed by atoms with E-state index in [1.54, 1.807) is 0 Å². The van der Waals surface area contributed by atoms with E-state index in [4.69, 9.17) is 9.47 Å². The highest BCUT2D eigenvalue weighted by Gasteiger charge is 2.16. The summed E-state index contributed by atoms with van der Waals surface area (Å²) in [6, 6.07) is 0. The molecule has 0 saturated carbocycles. The Morgan fingerprint density at radius 1 is 0.750 bits per heavy atom. The number of rotatable bonds is 4. The van der Waals surface area contributed by atoms with Crippen LogP contribution in [0.15, 0.2) is 35.5 Å². The third-order valence-corrected chi connectivity index (χ3v) is 3.21. The topological polar surface area (TPSA) is 52.6 Å². The van der Waals surface area contributed by atoms with E-state index in [9.17, 15) is 9.59 Å². The first kappa shape index (κ1) is 20.2. The van der Waals surface area contributed by atoms with Crippen molar-refractivity contribution in [1.29, 1.82) is 0 Å². The number of carbonyl (C=O) groups is 2. The Hall–Kier alpha value is -1.84. The van der Waals surface area contributed by atoms with E-state index in [1.165, 1.54) is 12.2 Å². The molecule has 0 aromatic carbocycles. The first-order valence-electron chi connectivity index (χ1n) is 8.50. The summed E-state index contributed by atoms with van der Waals surface area (Å²) in [5.41, 5.74) is 1.16. The highest BCUT2D eigenvalue weighted by Crippen LogP contribution is 2.26. The fourth-order valence-electron chi connectivity index (χ4n) is 2.34. The number of hydrogen-bond donors (Lipinski definition) is 0. The van der Waals surface area contributed by atoms with Crippen molar-refractivity contribution in [3.05, 3.63) is 35.5 Å². The minimum atomic E-state index is -0.498. The SMILES string of the molecule is CC(C)(C)OC(=O)/C=C/C1=C(/C=C/C(=O)OC(C)(C)C)CCCC1. The van der Waals surface area contributed by atoms with Gasteiger partial charge in [-0.3, -0.25) is 0 Å². The lowest BCUT2D eigenvalue weighted by atomic mass is 9.91. The van der Waals surface area contributed by atoms with E-state index in [1.807, 2.05) is 53.7 Å². The van der Waals surface area contributed by atoms with Crippen molar-refractivity contribution in [2.45, 2.75) is 78.4 Å². The largest absolute Gasteiger partial charge is 0.457 e. The van der Waals surface area contributed by atoms with Crippen LogP contribution in [0.3, 0.4) is 0 Å². The molecule has 0 fully saturated rings. The van der Waals surface area contributed by atoms with Gasteiger partial charge in [0.2, 0.25) is 0 Å². The summed E-state index contributed by atoms with van der Waals surface area (Å²) in [6.07, 6.45) is 10.5. The Morgan fingerprint density at radius 3 is 1.38 bits per heavy atom. The molecule has 0 radical (unpaired) electrons. The first-order chi connectivity index (χ1) is 11.0. The molecule has 1 aliphatic rings. The molecule has 4 heteroatoms. The molecule has 0 heterocycles. The quantitative estimate of drug-likeness (QED) is 0.554. The zero-order chi connectivity index (χ0) is 18.4. The number of carbonyl (C=O) groups excluding carboxylic acids is 2. The van der Waals surface area contributed by atoms with E-state index in [2.05, 4.69) is 0 Å². The molecule has 0 amide bonds. The van der Waals surface area contributed by atoms with Crippen LogP contribution in [0.5, 0.6) is 0 Å². The van der Waals surface area contributed by atoms with Crippen LogP contribution in [-0.4, -0.2) is 23.1 Å². The van der Waals surface area contributed by atoms with Crippen LogP contribution >= 0.6 is 0 Å². The zero-order valence-corrected chi connectivity index (χ0v) is 15.8. The molecule has 0 N–H and O–H groups in total. The molecule has 1 rings (SSSR count). The Labute approximate surface area is 145 Å². The van der Waals surface area contributed by atoms with Crippen LogP contribution in [0.2, 0.25) is 0 Å². The van der Waals surface area contributed by atoms with E-state index in [0.717, 1.165) is 36.8 Å². The van der Waals surface area contributed by atoms with Crippen molar-refractivity contribution in [3.8, 4) is 0 Å². The van der Waals surface area contributed by atoms with Gasteiger partial charge in [0.25, 0.3) is 0 Å². The van der Waals surface area contributed by atoms with Gasteiger partial charge in [-0.05, 0) is 78.4 Å². The van der Waals surface area contributed by atoms with Crippen LogP contribution in [0.25, 0.3) is 0 Å². The standard InChI is InChI=1S/C20H30O4/c1-19(2,3)23-17(21)13-11-15-9-7-8-10-16(15)12-14-18(22)24-20(4,5)6/h11-14H,7-10H2,1-6H3/b13-11+,14-12+. The molecular weight excluding hydrogens is 304 g/mol. The third-order valence-electron chi connectivity index (χ3n) is 3.21. The molecule has 0 spiro atoms. The Kier molecular flexibility index (Phi) is 7.00. The van der Waals surface area contributed by atoms with E-state index < -0.39 is 11.2 Å². The third kappa shape index (κ3) is 8.70. The average molecular weight is 334 g/mol. The molecule has 0 aliphatic heterocycles. The van der Waals surface area contributed by atoms with Gasteiger partial charge in [0.15, 0.2) is 0 Å². The van der Waals surface area contributed by atoms with Crippen molar-refractivity contribution < 1.29 is 19.1 Å². The van der Waals surface area contributed by atoms with Crippen molar-refractivity contribution in [2.24, 2.45) is 0 Å². The lowest BCUT2D eigenvalue weighted by molar-refractivity contribution is -0.149. The van der Waals surface area contributed by atoms with Gasteiger partial charge >= 0.3 is 11.9 Å². The molecule has 24 heavy (non-hydrogen) atoms. The van der Waals surface area contributed by atoms with Gasteiger partial charge in [0, 0.05) is 12.2 Å². The maximum absolute atomic E-state index is 11.8. The molecular formula is C20H30O4. The van der Waals surface area contributed by atoms with Gasteiger partial charge in [-0.25, -0.2) is 9.59 Å². The Morgan fingerprint density at radius 2 is 1.08 bits per heavy atom. The maximum atomic E-state index is 11.8. The minimum absolute atomic E-state index is 0.351. The summed E-state index contributed by atoms with van der Waals surface area (Å²) in [5.74, 6) is -0.702. The summed E-state index contributed by atoms with van der Waals surface area (Å²) < 4.78 is 10.6. The van der Waals surface area contributed by atoms with E-state index in [0.29, 0.717) is 0 Å². The minimum Gasteiger partial charge on any atom is -0.457 e. The monoisotopic (exact) mass is 334 g/mol. The van der Waals surface area contributed by atoms with Gasteiger partial charge in [0.1, 0.15) is 11.2 Å². The molecule has 0 aromatic rings. The zero-order valence-electron chi connectivity index (χ0n) is 15.8. The van der Waals surface area contributed by atoms with Gasteiger partial charge in [-0.15, -0.1) is 0 Å². The van der Waals surface area contributed by atoms with Crippen LogP contribution in [-0.2, 0) is 19.1 Å². The normalized spacial score (nSPS) is 16.8. The van der Waals surface area contributed by atoms with Gasteiger partial charge in [-0.1, -0.05) is 12.2 Å². The average Bonchev–Trinajstić information content (AvgIpc) is 2.40. The predicted molar refractivity (Wildman–Crippen MR) is 95.5 cm³/mol. The lowest BCUT2D eigenvalue weighted by Gasteiger charge is -2.19. The highest BCUT2D eigenvalue weighted by atomic mass is 16.6. The molecule has 4 nitrogen and oxygen atoms in total. The van der Waals surface area contributed by atoms with Gasteiger partial charge in [0.05, 0.1) is 0 Å². The molecule has 134 valence electrons. The second-order valence-corrected chi connectivity index (χ2v) is 7.99.